The van der Waals surface area contributed by atoms with E-state index in [-0.39, 0.29) is 0 Å². The van der Waals surface area contributed by atoms with Crippen molar-refractivity contribution in [3.05, 3.63) is 18.0 Å². The van der Waals surface area contributed by atoms with Gasteiger partial charge in [-0.05, 0) is 12.0 Å². The van der Waals surface area contributed by atoms with Gasteiger partial charge in [-0.1, -0.05) is 13.8 Å². The lowest BCUT2D eigenvalue weighted by Gasteiger charge is -2.38. The van der Waals surface area contributed by atoms with Crippen molar-refractivity contribution in [2.75, 3.05) is 26.2 Å². The average molecular weight is 236 g/mol. The summed E-state index contributed by atoms with van der Waals surface area (Å²) in [6.45, 7) is 9.19. The molecule has 17 heavy (non-hydrogen) atoms. The van der Waals surface area contributed by atoms with Crippen molar-refractivity contribution in [1.82, 2.24) is 20.0 Å². The summed E-state index contributed by atoms with van der Waals surface area (Å²) < 4.78 is 1.98. The summed E-state index contributed by atoms with van der Waals surface area (Å²) in [6.07, 6.45) is 2.98. The molecule has 1 fully saturated rings. The third-order valence-corrected chi connectivity index (χ3v) is 3.75. The van der Waals surface area contributed by atoms with Crippen LogP contribution in [0.3, 0.4) is 0 Å². The van der Waals surface area contributed by atoms with E-state index in [1.165, 1.54) is 12.2 Å². The molecule has 0 radical (unpaired) electrons. The van der Waals surface area contributed by atoms with Crippen molar-refractivity contribution in [3.63, 3.8) is 0 Å². The van der Waals surface area contributed by atoms with Crippen LogP contribution in [0.1, 0.15) is 19.5 Å². The number of nitrogens with one attached hydrogen (secondary N) is 1. The predicted octanol–water partition coefficient (Wildman–Crippen LogP) is 0.892. The van der Waals surface area contributed by atoms with Gasteiger partial charge in [0.15, 0.2) is 0 Å². The van der Waals surface area contributed by atoms with Crippen LogP contribution < -0.4 is 5.32 Å². The molecule has 2 rings (SSSR count). The molecule has 0 saturated carbocycles. The fourth-order valence-corrected chi connectivity index (χ4v) is 2.61. The molecule has 1 aromatic rings. The minimum Gasteiger partial charge on any atom is -0.314 e. The number of hydrogen-bond acceptors (Lipinski definition) is 3. The van der Waals surface area contributed by atoms with Crippen LogP contribution in [-0.2, 0) is 13.5 Å². The maximum absolute atomic E-state index is 4.22. The number of aromatic nitrogens is 2. The summed E-state index contributed by atoms with van der Waals surface area (Å²) >= 11 is 0. The zero-order valence-electron chi connectivity index (χ0n) is 11.2. The van der Waals surface area contributed by atoms with Crippen LogP contribution in [0.25, 0.3) is 0 Å². The molecule has 0 aromatic carbocycles. The number of hydrogen-bond donors (Lipinski definition) is 1. The second-order valence-corrected chi connectivity index (χ2v) is 5.25. The van der Waals surface area contributed by atoms with E-state index < -0.39 is 0 Å². The van der Waals surface area contributed by atoms with Gasteiger partial charge in [0.2, 0.25) is 0 Å². The van der Waals surface area contributed by atoms with Gasteiger partial charge in [0.1, 0.15) is 0 Å². The second kappa shape index (κ2) is 5.65. The van der Waals surface area contributed by atoms with Crippen molar-refractivity contribution < 1.29 is 0 Å². The van der Waals surface area contributed by atoms with Gasteiger partial charge in [-0.25, -0.2) is 0 Å². The maximum Gasteiger partial charge on any atom is 0.0492 e. The third kappa shape index (κ3) is 3.07. The molecule has 0 spiro atoms. The summed E-state index contributed by atoms with van der Waals surface area (Å²) in [6, 6.07) is 2.80. The van der Waals surface area contributed by atoms with Gasteiger partial charge >= 0.3 is 0 Å². The standard InChI is InChI=1S/C13H24N4/c1-11(2)13-10-14-7-9-17(13)8-5-12-4-6-15-16(12)3/h4,6,11,13-14H,5,7-10H2,1-3H3. The van der Waals surface area contributed by atoms with Crippen LogP contribution in [0.2, 0.25) is 0 Å². The van der Waals surface area contributed by atoms with Crippen LogP contribution in [0.5, 0.6) is 0 Å². The van der Waals surface area contributed by atoms with E-state index in [2.05, 4.69) is 35.2 Å². The van der Waals surface area contributed by atoms with Gasteiger partial charge < -0.3 is 5.32 Å². The summed E-state index contributed by atoms with van der Waals surface area (Å²) in [7, 11) is 2.02. The highest BCUT2D eigenvalue weighted by molar-refractivity contribution is 5.00. The van der Waals surface area contributed by atoms with Crippen molar-refractivity contribution in [3.8, 4) is 0 Å². The Kier molecular flexibility index (Phi) is 4.18. The molecule has 96 valence electrons. The van der Waals surface area contributed by atoms with Crippen molar-refractivity contribution in [1.29, 1.82) is 0 Å². The number of piperazine rings is 1. The highest BCUT2D eigenvalue weighted by atomic mass is 15.3. The lowest BCUT2D eigenvalue weighted by molar-refractivity contribution is 0.125. The van der Waals surface area contributed by atoms with E-state index in [4.69, 9.17) is 0 Å². The molecule has 1 aliphatic rings. The van der Waals surface area contributed by atoms with E-state index in [0.29, 0.717) is 12.0 Å². The van der Waals surface area contributed by atoms with Gasteiger partial charge in [0.25, 0.3) is 0 Å². The summed E-state index contributed by atoms with van der Waals surface area (Å²) in [5.74, 6) is 0.717. The molecule has 1 saturated heterocycles. The van der Waals surface area contributed by atoms with E-state index in [0.717, 1.165) is 26.1 Å². The number of rotatable bonds is 4. The summed E-state index contributed by atoms with van der Waals surface area (Å²) in [4.78, 5) is 2.62. The first-order valence-electron chi connectivity index (χ1n) is 6.60. The molecule has 0 aliphatic carbocycles. The lowest BCUT2D eigenvalue weighted by Crippen LogP contribution is -2.54. The zero-order chi connectivity index (χ0) is 12.3. The van der Waals surface area contributed by atoms with Crippen LogP contribution in [0.15, 0.2) is 12.3 Å². The Labute approximate surface area is 104 Å². The quantitative estimate of drug-likeness (QED) is 0.843. The average Bonchev–Trinajstić information content (AvgIpc) is 2.72. The first-order valence-corrected chi connectivity index (χ1v) is 6.60. The summed E-state index contributed by atoms with van der Waals surface area (Å²) in [5, 5.41) is 7.71. The Hall–Kier alpha value is -0.870. The van der Waals surface area contributed by atoms with Gasteiger partial charge in [-0.2, -0.15) is 5.10 Å². The molecule has 0 bridgehead atoms. The summed E-state index contributed by atoms with van der Waals surface area (Å²) in [5.41, 5.74) is 1.33. The van der Waals surface area contributed by atoms with Crippen LogP contribution in [-0.4, -0.2) is 46.9 Å². The maximum atomic E-state index is 4.22. The molecule has 4 heteroatoms. The Morgan fingerprint density at radius 1 is 1.53 bits per heavy atom. The highest BCUT2D eigenvalue weighted by Crippen LogP contribution is 2.13. The molecule has 1 atom stereocenters. The van der Waals surface area contributed by atoms with Crippen molar-refractivity contribution in [2.45, 2.75) is 26.3 Å². The fraction of sp³-hybridized carbons (Fsp3) is 0.769. The molecular weight excluding hydrogens is 212 g/mol. The van der Waals surface area contributed by atoms with Crippen LogP contribution >= 0.6 is 0 Å². The molecule has 1 aromatic heterocycles. The van der Waals surface area contributed by atoms with E-state index in [1.807, 2.05) is 17.9 Å². The third-order valence-electron chi connectivity index (χ3n) is 3.75. The SMILES string of the molecule is CC(C)C1CNCCN1CCc1ccnn1C. The molecule has 0 amide bonds. The van der Waals surface area contributed by atoms with Crippen LogP contribution in [0.4, 0.5) is 0 Å². The van der Waals surface area contributed by atoms with E-state index >= 15 is 0 Å². The lowest BCUT2D eigenvalue weighted by atomic mass is 10.0. The Morgan fingerprint density at radius 2 is 2.35 bits per heavy atom. The Bertz CT molecular complexity index is 345. The highest BCUT2D eigenvalue weighted by Gasteiger charge is 2.24. The second-order valence-electron chi connectivity index (χ2n) is 5.25. The molecular formula is C13H24N4. The monoisotopic (exact) mass is 236 g/mol. The predicted molar refractivity (Wildman–Crippen MR) is 70.0 cm³/mol. The molecule has 4 nitrogen and oxygen atoms in total. The Balaban J connectivity index is 1.90. The van der Waals surface area contributed by atoms with Crippen LogP contribution in [0, 0.1) is 5.92 Å². The zero-order valence-corrected chi connectivity index (χ0v) is 11.2. The van der Waals surface area contributed by atoms with Crippen molar-refractivity contribution >= 4 is 0 Å². The number of nitrogens with zero attached hydrogens (tertiary/aromatic N) is 3. The van der Waals surface area contributed by atoms with Gasteiger partial charge in [0.05, 0.1) is 0 Å². The smallest absolute Gasteiger partial charge is 0.0492 e. The minimum absolute atomic E-state index is 0.678. The van der Waals surface area contributed by atoms with E-state index in [1.54, 1.807) is 0 Å². The molecule has 1 aliphatic heterocycles. The molecule has 2 heterocycles. The van der Waals surface area contributed by atoms with E-state index in [9.17, 15) is 0 Å². The largest absolute Gasteiger partial charge is 0.314 e. The topological polar surface area (TPSA) is 33.1 Å². The van der Waals surface area contributed by atoms with Gasteiger partial charge in [-0.3, -0.25) is 9.58 Å². The molecule has 1 unspecified atom stereocenters. The van der Waals surface area contributed by atoms with Gasteiger partial charge in [0, 0.05) is 57.6 Å². The first kappa shape index (κ1) is 12.6. The van der Waals surface area contributed by atoms with Gasteiger partial charge in [-0.15, -0.1) is 0 Å². The number of aryl methyl sites for hydroxylation is 1. The minimum atomic E-state index is 0.678. The fourth-order valence-electron chi connectivity index (χ4n) is 2.61. The molecule has 1 N–H and O–H groups in total. The van der Waals surface area contributed by atoms with Crippen molar-refractivity contribution in [2.24, 2.45) is 13.0 Å². The first-order chi connectivity index (χ1) is 8.18. The Morgan fingerprint density at radius 3 is 3.00 bits per heavy atom. The normalized spacial score (nSPS) is 22.2.